The highest BCUT2D eigenvalue weighted by Gasteiger charge is 2.58. The van der Waals surface area contributed by atoms with Crippen LogP contribution in [0.2, 0.25) is 0 Å². The van der Waals surface area contributed by atoms with E-state index >= 15 is 0 Å². The van der Waals surface area contributed by atoms with Crippen molar-refractivity contribution >= 4 is 11.1 Å². The summed E-state index contributed by atoms with van der Waals surface area (Å²) >= 11 is 0. The van der Waals surface area contributed by atoms with E-state index in [-0.39, 0.29) is 16.9 Å². The van der Waals surface area contributed by atoms with E-state index in [4.69, 9.17) is 0 Å². The fourth-order valence-corrected chi connectivity index (χ4v) is 3.20. The van der Waals surface area contributed by atoms with E-state index in [1.54, 1.807) is 18.2 Å². The van der Waals surface area contributed by atoms with Gasteiger partial charge in [-0.25, -0.2) is 4.39 Å². The Labute approximate surface area is 155 Å². The van der Waals surface area contributed by atoms with Crippen LogP contribution in [0, 0.1) is 5.82 Å². The van der Waals surface area contributed by atoms with Crippen molar-refractivity contribution in [3.8, 4) is 0 Å². The van der Waals surface area contributed by atoms with Crippen molar-refractivity contribution in [2.24, 2.45) is 0 Å². The smallest absolute Gasteiger partial charge is 0.207 e. The number of fused-ring (bicyclic) bond motifs is 1. The molecule has 2 aromatic carbocycles. The molecule has 0 amide bonds. The molecule has 2 aromatic rings. The highest BCUT2D eigenvalue weighted by Crippen LogP contribution is 2.44. The fraction of sp³-hybridized carbons (Fsp3) is 0.273. The summed E-state index contributed by atoms with van der Waals surface area (Å²) in [7, 11) is 0. The standard InChI is InChI=1S/C22H19F5/c1-14(16-7-9-20(23)10-8-16)3-4-15(2)17-5-6-18-12-21(24,25)22(26,27)13-19(18)11-17/h5-11H,1-4,12-13H2. The van der Waals surface area contributed by atoms with Crippen molar-refractivity contribution in [3.63, 3.8) is 0 Å². The summed E-state index contributed by atoms with van der Waals surface area (Å²) in [5.74, 6) is -8.39. The van der Waals surface area contributed by atoms with Crippen molar-refractivity contribution < 1.29 is 22.0 Å². The van der Waals surface area contributed by atoms with E-state index < -0.39 is 24.7 Å². The number of alkyl halides is 4. The van der Waals surface area contributed by atoms with Crippen molar-refractivity contribution in [2.45, 2.75) is 37.5 Å². The Bertz CT molecular complexity index is 878. The second-order valence-electron chi connectivity index (χ2n) is 6.96. The molecule has 5 heteroatoms. The highest BCUT2D eigenvalue weighted by atomic mass is 19.3. The molecule has 0 fully saturated rings. The third-order valence-corrected chi connectivity index (χ3v) is 4.96. The summed E-state index contributed by atoms with van der Waals surface area (Å²) in [6.45, 7) is 7.96. The molecule has 0 saturated heterocycles. The van der Waals surface area contributed by atoms with Gasteiger partial charge in [-0.3, -0.25) is 0 Å². The Balaban J connectivity index is 1.69. The first-order valence-electron chi connectivity index (χ1n) is 8.58. The molecular formula is C22H19F5. The van der Waals surface area contributed by atoms with Gasteiger partial charge in [-0.05, 0) is 58.4 Å². The average Bonchev–Trinajstić information content (AvgIpc) is 2.60. The Morgan fingerprint density at radius 3 is 1.81 bits per heavy atom. The minimum Gasteiger partial charge on any atom is -0.207 e. The van der Waals surface area contributed by atoms with Crippen LogP contribution in [0.1, 0.15) is 35.1 Å². The van der Waals surface area contributed by atoms with Crippen LogP contribution < -0.4 is 0 Å². The molecule has 0 spiro atoms. The number of hydrogen-bond donors (Lipinski definition) is 0. The van der Waals surface area contributed by atoms with Crippen LogP contribution in [0.3, 0.4) is 0 Å². The Morgan fingerprint density at radius 2 is 1.22 bits per heavy atom. The van der Waals surface area contributed by atoms with Crippen LogP contribution in [0.25, 0.3) is 11.1 Å². The molecule has 1 aliphatic carbocycles. The average molecular weight is 378 g/mol. The van der Waals surface area contributed by atoms with Crippen LogP contribution in [0.5, 0.6) is 0 Å². The SMILES string of the molecule is C=C(CCC(=C)c1ccc2c(c1)CC(F)(F)C(F)(F)C2)c1ccc(F)cc1. The third kappa shape index (κ3) is 3.97. The molecule has 0 atom stereocenters. The lowest BCUT2D eigenvalue weighted by atomic mass is 9.84. The minimum atomic E-state index is -4.04. The van der Waals surface area contributed by atoms with Gasteiger partial charge in [-0.15, -0.1) is 0 Å². The number of rotatable bonds is 5. The van der Waals surface area contributed by atoms with Gasteiger partial charge < -0.3 is 0 Å². The molecule has 0 N–H and O–H groups in total. The zero-order valence-corrected chi connectivity index (χ0v) is 14.7. The molecule has 142 valence electrons. The summed E-state index contributed by atoms with van der Waals surface area (Å²) in [6.07, 6.45) is -0.834. The van der Waals surface area contributed by atoms with Crippen molar-refractivity contribution in [1.82, 2.24) is 0 Å². The van der Waals surface area contributed by atoms with E-state index in [1.807, 2.05) is 0 Å². The topological polar surface area (TPSA) is 0 Å². The van der Waals surface area contributed by atoms with Gasteiger partial charge in [0, 0.05) is 12.8 Å². The van der Waals surface area contributed by atoms with Gasteiger partial charge in [0.2, 0.25) is 0 Å². The molecular weight excluding hydrogens is 359 g/mol. The molecule has 0 bridgehead atoms. The first-order chi connectivity index (χ1) is 12.6. The van der Waals surface area contributed by atoms with Gasteiger partial charge in [0.05, 0.1) is 0 Å². The van der Waals surface area contributed by atoms with E-state index in [2.05, 4.69) is 13.2 Å². The number of halogens is 5. The van der Waals surface area contributed by atoms with Gasteiger partial charge in [0.1, 0.15) is 5.82 Å². The molecule has 0 nitrogen and oxygen atoms in total. The maximum absolute atomic E-state index is 13.7. The number of benzene rings is 2. The van der Waals surface area contributed by atoms with Crippen LogP contribution in [-0.4, -0.2) is 11.8 Å². The van der Waals surface area contributed by atoms with E-state index in [9.17, 15) is 22.0 Å². The largest absolute Gasteiger partial charge is 0.314 e. The summed E-state index contributed by atoms with van der Waals surface area (Å²) in [5, 5.41) is 0. The van der Waals surface area contributed by atoms with Crippen molar-refractivity contribution in [3.05, 3.63) is 83.7 Å². The quantitative estimate of drug-likeness (QED) is 0.508. The van der Waals surface area contributed by atoms with Crippen LogP contribution in [0.4, 0.5) is 22.0 Å². The summed E-state index contributed by atoms with van der Waals surface area (Å²) in [4.78, 5) is 0. The lowest BCUT2D eigenvalue weighted by molar-refractivity contribution is -0.211. The van der Waals surface area contributed by atoms with Gasteiger partial charge in [0.15, 0.2) is 0 Å². The first-order valence-corrected chi connectivity index (χ1v) is 8.58. The molecule has 0 aromatic heterocycles. The van der Waals surface area contributed by atoms with E-state index in [0.29, 0.717) is 24.0 Å². The fourth-order valence-electron chi connectivity index (χ4n) is 3.20. The molecule has 0 radical (unpaired) electrons. The molecule has 0 heterocycles. The monoisotopic (exact) mass is 378 g/mol. The lowest BCUT2D eigenvalue weighted by Crippen LogP contribution is -2.47. The van der Waals surface area contributed by atoms with Gasteiger partial charge >= 0.3 is 11.8 Å². The Morgan fingerprint density at radius 1 is 0.741 bits per heavy atom. The third-order valence-electron chi connectivity index (χ3n) is 4.96. The van der Waals surface area contributed by atoms with E-state index in [1.165, 1.54) is 24.3 Å². The maximum atomic E-state index is 13.7. The van der Waals surface area contributed by atoms with Crippen LogP contribution in [0.15, 0.2) is 55.6 Å². The second kappa shape index (κ2) is 6.95. The molecule has 27 heavy (non-hydrogen) atoms. The van der Waals surface area contributed by atoms with Gasteiger partial charge in [0.25, 0.3) is 0 Å². The first kappa shape index (κ1) is 19.3. The summed E-state index contributed by atoms with van der Waals surface area (Å²) < 4.78 is 67.3. The summed E-state index contributed by atoms with van der Waals surface area (Å²) in [6, 6.07) is 10.6. The molecule has 1 aliphatic rings. The van der Waals surface area contributed by atoms with Crippen molar-refractivity contribution in [2.75, 3.05) is 0 Å². The second-order valence-corrected chi connectivity index (χ2v) is 6.96. The summed E-state index contributed by atoms with van der Waals surface area (Å²) in [5.41, 5.74) is 3.47. The maximum Gasteiger partial charge on any atom is 0.314 e. The molecule has 0 saturated carbocycles. The molecule has 0 unspecified atom stereocenters. The zero-order chi connectivity index (χ0) is 19.8. The molecule has 0 aliphatic heterocycles. The minimum absolute atomic E-state index is 0.238. The zero-order valence-electron chi connectivity index (χ0n) is 14.7. The number of allylic oxidation sites excluding steroid dienone is 2. The Hall–Kier alpha value is -2.43. The van der Waals surface area contributed by atoms with E-state index in [0.717, 1.165) is 11.1 Å². The van der Waals surface area contributed by atoms with Crippen molar-refractivity contribution in [1.29, 1.82) is 0 Å². The molecule has 3 rings (SSSR count). The van der Waals surface area contributed by atoms with Crippen LogP contribution >= 0.6 is 0 Å². The van der Waals surface area contributed by atoms with Gasteiger partial charge in [-0.2, -0.15) is 17.6 Å². The Kier molecular flexibility index (Phi) is 4.98. The predicted molar refractivity (Wildman–Crippen MR) is 97.4 cm³/mol. The lowest BCUT2D eigenvalue weighted by Gasteiger charge is -2.32. The van der Waals surface area contributed by atoms with Crippen LogP contribution in [-0.2, 0) is 12.8 Å². The predicted octanol–water partition coefficient (Wildman–Crippen LogP) is 6.70. The van der Waals surface area contributed by atoms with Gasteiger partial charge in [-0.1, -0.05) is 43.5 Å². The normalized spacial score (nSPS) is 17.2. The number of hydrogen-bond acceptors (Lipinski definition) is 0. The highest BCUT2D eigenvalue weighted by molar-refractivity contribution is 5.69.